The first-order chi connectivity index (χ1) is 9.70. The van der Waals surface area contributed by atoms with Crippen molar-refractivity contribution in [3.63, 3.8) is 0 Å². The molecule has 3 heteroatoms. The number of aryl methyl sites for hydroxylation is 1. The highest BCUT2D eigenvalue weighted by Gasteiger charge is 2.07. The molecular weight excluding hydrogens is 248 g/mol. The van der Waals surface area contributed by atoms with Crippen LogP contribution >= 0.6 is 0 Å². The highest BCUT2D eigenvalue weighted by atomic mass is 16.1. The predicted molar refractivity (Wildman–Crippen MR) is 80.9 cm³/mol. The monoisotopic (exact) mass is 270 g/mol. The molecule has 0 radical (unpaired) electrons. The molecule has 0 amide bonds. The molecule has 0 fully saturated rings. The minimum Gasteiger partial charge on any atom is -0.294 e. The number of Topliss-reactive ketones (excluding diaryl/α,β-unsaturated/α-hetero) is 1. The van der Waals surface area contributed by atoms with Gasteiger partial charge in [0.2, 0.25) is 0 Å². The summed E-state index contributed by atoms with van der Waals surface area (Å²) in [5.41, 5.74) is 1.88. The van der Waals surface area contributed by atoms with Crippen LogP contribution in [-0.4, -0.2) is 15.6 Å². The third-order valence-corrected chi connectivity index (χ3v) is 3.64. The lowest BCUT2D eigenvalue weighted by atomic mass is 10.1. The van der Waals surface area contributed by atoms with E-state index in [2.05, 4.69) is 25.0 Å². The number of hydrogen-bond acceptors (Lipinski definition) is 2. The van der Waals surface area contributed by atoms with Gasteiger partial charge in [0.25, 0.3) is 0 Å². The molecule has 0 N–H and O–H groups in total. The molecule has 3 nitrogen and oxygen atoms in total. The van der Waals surface area contributed by atoms with Crippen molar-refractivity contribution >= 4 is 5.78 Å². The summed E-state index contributed by atoms with van der Waals surface area (Å²) in [6.07, 6.45) is 5.41. The third-order valence-electron chi connectivity index (χ3n) is 3.64. The van der Waals surface area contributed by atoms with Crippen molar-refractivity contribution in [2.24, 2.45) is 0 Å². The molecule has 0 saturated carbocycles. The summed E-state index contributed by atoms with van der Waals surface area (Å²) in [4.78, 5) is 12.0. The Morgan fingerprint density at radius 1 is 1.25 bits per heavy atom. The molecule has 0 spiro atoms. The number of hydrogen-bond donors (Lipinski definition) is 0. The van der Waals surface area contributed by atoms with Gasteiger partial charge in [0.15, 0.2) is 5.78 Å². The summed E-state index contributed by atoms with van der Waals surface area (Å²) in [7, 11) is 0. The molecule has 20 heavy (non-hydrogen) atoms. The van der Waals surface area contributed by atoms with E-state index >= 15 is 0 Å². The zero-order valence-electron chi connectivity index (χ0n) is 12.2. The SMILES string of the molecule is CCC(C)n1ccc(CCCC(=O)c2ccccc2)n1. The Labute approximate surface area is 120 Å². The van der Waals surface area contributed by atoms with Crippen molar-refractivity contribution < 1.29 is 4.79 Å². The second kappa shape index (κ2) is 7.04. The van der Waals surface area contributed by atoms with E-state index in [-0.39, 0.29) is 5.78 Å². The van der Waals surface area contributed by atoms with Gasteiger partial charge in [-0.15, -0.1) is 0 Å². The fraction of sp³-hybridized carbons (Fsp3) is 0.412. The Morgan fingerprint density at radius 3 is 2.70 bits per heavy atom. The molecule has 106 valence electrons. The summed E-state index contributed by atoms with van der Waals surface area (Å²) in [6, 6.07) is 12.0. The molecule has 1 atom stereocenters. The van der Waals surface area contributed by atoms with Gasteiger partial charge in [0, 0.05) is 24.2 Å². The zero-order valence-corrected chi connectivity index (χ0v) is 12.2. The normalized spacial score (nSPS) is 12.3. The van der Waals surface area contributed by atoms with Crippen molar-refractivity contribution in [1.29, 1.82) is 0 Å². The van der Waals surface area contributed by atoms with Crippen LogP contribution in [0, 0.1) is 0 Å². The largest absolute Gasteiger partial charge is 0.294 e. The second-order valence-corrected chi connectivity index (χ2v) is 5.19. The maximum atomic E-state index is 12.0. The van der Waals surface area contributed by atoms with Crippen LogP contribution in [-0.2, 0) is 6.42 Å². The lowest BCUT2D eigenvalue weighted by Crippen LogP contribution is -2.05. The van der Waals surface area contributed by atoms with E-state index in [0.29, 0.717) is 12.5 Å². The molecule has 2 aromatic rings. The molecular formula is C17H22N2O. The van der Waals surface area contributed by atoms with Gasteiger partial charge in [-0.3, -0.25) is 9.48 Å². The summed E-state index contributed by atoms with van der Waals surface area (Å²) in [6.45, 7) is 4.32. The van der Waals surface area contributed by atoms with Gasteiger partial charge in [-0.25, -0.2) is 0 Å². The summed E-state index contributed by atoms with van der Waals surface area (Å²) >= 11 is 0. The molecule has 0 bridgehead atoms. The van der Waals surface area contributed by atoms with Crippen molar-refractivity contribution in [3.05, 3.63) is 53.9 Å². The highest BCUT2D eigenvalue weighted by molar-refractivity contribution is 5.95. The van der Waals surface area contributed by atoms with E-state index < -0.39 is 0 Å². The molecule has 1 aromatic heterocycles. The first-order valence-electron chi connectivity index (χ1n) is 7.33. The summed E-state index contributed by atoms with van der Waals surface area (Å²) < 4.78 is 2.01. The molecule has 0 aliphatic rings. The van der Waals surface area contributed by atoms with Crippen LogP contribution in [0.1, 0.15) is 55.2 Å². The molecule has 0 aliphatic heterocycles. The maximum Gasteiger partial charge on any atom is 0.162 e. The summed E-state index contributed by atoms with van der Waals surface area (Å²) in [5, 5.41) is 4.56. The lowest BCUT2D eigenvalue weighted by molar-refractivity contribution is 0.0980. The van der Waals surface area contributed by atoms with Gasteiger partial charge in [-0.1, -0.05) is 37.3 Å². The van der Waals surface area contributed by atoms with Gasteiger partial charge in [-0.05, 0) is 32.3 Å². The molecule has 1 aromatic carbocycles. The van der Waals surface area contributed by atoms with E-state index in [4.69, 9.17) is 0 Å². The van der Waals surface area contributed by atoms with Crippen molar-refractivity contribution in [2.45, 2.75) is 45.6 Å². The second-order valence-electron chi connectivity index (χ2n) is 5.19. The van der Waals surface area contributed by atoms with Crippen LogP contribution in [0.4, 0.5) is 0 Å². The van der Waals surface area contributed by atoms with E-state index in [0.717, 1.165) is 30.5 Å². The van der Waals surface area contributed by atoms with E-state index in [1.54, 1.807) is 0 Å². The van der Waals surface area contributed by atoms with Crippen LogP contribution in [0.2, 0.25) is 0 Å². The van der Waals surface area contributed by atoms with Gasteiger partial charge in [0.05, 0.1) is 5.69 Å². The van der Waals surface area contributed by atoms with Crippen LogP contribution in [0.25, 0.3) is 0 Å². The number of carbonyl (C=O) groups excluding carboxylic acids is 1. The fourth-order valence-corrected chi connectivity index (χ4v) is 2.14. The molecule has 1 unspecified atom stereocenters. The topological polar surface area (TPSA) is 34.9 Å². The number of aromatic nitrogens is 2. The standard InChI is InChI=1S/C17H22N2O/c1-3-14(2)19-13-12-16(18-19)10-7-11-17(20)15-8-5-4-6-9-15/h4-6,8-9,12-14H,3,7,10-11H2,1-2H3. The van der Waals surface area contributed by atoms with Crippen molar-refractivity contribution in [3.8, 4) is 0 Å². The lowest BCUT2D eigenvalue weighted by Gasteiger charge is -2.08. The number of benzene rings is 1. The predicted octanol–water partition coefficient (Wildman–Crippen LogP) is 4.06. The van der Waals surface area contributed by atoms with Gasteiger partial charge in [0.1, 0.15) is 0 Å². The summed E-state index contributed by atoms with van der Waals surface area (Å²) in [5.74, 6) is 0.215. The average Bonchev–Trinajstić information content (AvgIpc) is 2.96. The molecule has 0 saturated heterocycles. The Hall–Kier alpha value is -1.90. The first kappa shape index (κ1) is 14.5. The van der Waals surface area contributed by atoms with Crippen LogP contribution in [0.15, 0.2) is 42.6 Å². The Balaban J connectivity index is 1.81. The van der Waals surface area contributed by atoms with E-state index in [9.17, 15) is 4.79 Å². The number of rotatable bonds is 7. The Morgan fingerprint density at radius 2 is 2.00 bits per heavy atom. The van der Waals surface area contributed by atoms with Crippen molar-refractivity contribution in [2.75, 3.05) is 0 Å². The zero-order chi connectivity index (χ0) is 14.4. The highest BCUT2D eigenvalue weighted by Crippen LogP contribution is 2.12. The third kappa shape index (κ3) is 3.80. The minimum atomic E-state index is 0.215. The first-order valence-corrected chi connectivity index (χ1v) is 7.33. The van der Waals surface area contributed by atoms with Gasteiger partial charge < -0.3 is 0 Å². The maximum absolute atomic E-state index is 12.0. The van der Waals surface area contributed by atoms with E-state index in [1.807, 2.05) is 41.2 Å². The van der Waals surface area contributed by atoms with Crippen LogP contribution < -0.4 is 0 Å². The number of nitrogens with zero attached hydrogens (tertiary/aromatic N) is 2. The van der Waals surface area contributed by atoms with Crippen LogP contribution in [0.3, 0.4) is 0 Å². The van der Waals surface area contributed by atoms with E-state index in [1.165, 1.54) is 0 Å². The van der Waals surface area contributed by atoms with Gasteiger partial charge in [-0.2, -0.15) is 5.10 Å². The molecule has 1 heterocycles. The Kier molecular flexibility index (Phi) is 5.10. The fourth-order valence-electron chi connectivity index (χ4n) is 2.14. The minimum absolute atomic E-state index is 0.215. The van der Waals surface area contributed by atoms with Crippen molar-refractivity contribution in [1.82, 2.24) is 9.78 Å². The number of ketones is 1. The molecule has 0 aliphatic carbocycles. The smallest absolute Gasteiger partial charge is 0.162 e. The number of carbonyl (C=O) groups is 1. The Bertz CT molecular complexity index is 545. The van der Waals surface area contributed by atoms with Gasteiger partial charge >= 0.3 is 0 Å². The molecule has 2 rings (SSSR count). The average molecular weight is 270 g/mol. The quantitative estimate of drug-likeness (QED) is 0.711. The van der Waals surface area contributed by atoms with Crippen LogP contribution in [0.5, 0.6) is 0 Å².